The predicted octanol–water partition coefficient (Wildman–Crippen LogP) is -1.98. The quantitative estimate of drug-likeness (QED) is 0.417. The fourth-order valence-electron chi connectivity index (χ4n) is 0.738. The normalized spacial score (nSPS) is 19.2. The van der Waals surface area contributed by atoms with Crippen LogP contribution in [0.3, 0.4) is 0 Å². The van der Waals surface area contributed by atoms with Crippen LogP contribution in [0.15, 0.2) is 0 Å². The van der Waals surface area contributed by atoms with E-state index in [4.69, 9.17) is 10.2 Å². The highest BCUT2D eigenvalue weighted by Crippen LogP contribution is 2.19. The Balaban J connectivity index is 2.31. The molecule has 0 aromatic heterocycles. The molecule has 0 heterocycles. The van der Waals surface area contributed by atoms with E-state index in [1.807, 2.05) is 4.72 Å². The molecule has 1 rings (SSSR count). The Labute approximate surface area is 81.3 Å². The number of aliphatic hydroxyl groups excluding tert-OH is 1. The summed E-state index contributed by atoms with van der Waals surface area (Å²) >= 11 is 0. The number of carbonyl (C=O) groups is 1. The number of rotatable bonds is 6. The number of aliphatic hydroxyl groups is 1. The van der Waals surface area contributed by atoms with Crippen molar-refractivity contribution in [3.63, 3.8) is 0 Å². The van der Waals surface area contributed by atoms with Gasteiger partial charge < -0.3 is 10.2 Å². The zero-order valence-corrected chi connectivity index (χ0v) is 8.12. The lowest BCUT2D eigenvalue weighted by Gasteiger charge is -2.08. The zero-order chi connectivity index (χ0) is 10.8. The van der Waals surface area contributed by atoms with Crippen molar-refractivity contribution in [1.29, 1.82) is 0 Å². The van der Waals surface area contributed by atoms with Crippen molar-refractivity contribution in [3.8, 4) is 0 Å². The van der Waals surface area contributed by atoms with Crippen LogP contribution in [0.25, 0.3) is 0 Å². The topological polar surface area (TPSA) is 116 Å². The third kappa shape index (κ3) is 4.01. The summed E-state index contributed by atoms with van der Waals surface area (Å²) in [5.74, 6) is -1.46. The van der Waals surface area contributed by atoms with Crippen molar-refractivity contribution in [3.05, 3.63) is 0 Å². The van der Waals surface area contributed by atoms with Gasteiger partial charge in [-0.15, -0.1) is 0 Å². The van der Waals surface area contributed by atoms with Gasteiger partial charge in [0.2, 0.25) is 0 Å². The minimum Gasteiger partial charge on any atom is -0.479 e. The van der Waals surface area contributed by atoms with Gasteiger partial charge in [0, 0.05) is 12.6 Å². The van der Waals surface area contributed by atoms with Gasteiger partial charge in [-0.05, 0) is 12.8 Å². The molecule has 0 spiro atoms. The van der Waals surface area contributed by atoms with E-state index in [9.17, 15) is 13.2 Å². The number of hydrogen-bond donors (Lipinski definition) is 4. The molecule has 0 saturated heterocycles. The summed E-state index contributed by atoms with van der Waals surface area (Å²) in [5.41, 5.74) is 0. The highest BCUT2D eigenvalue weighted by molar-refractivity contribution is 7.87. The van der Waals surface area contributed by atoms with Gasteiger partial charge in [-0.25, -0.2) is 4.79 Å². The molecule has 1 atom stereocenters. The largest absolute Gasteiger partial charge is 0.479 e. The zero-order valence-electron chi connectivity index (χ0n) is 7.30. The monoisotopic (exact) mass is 224 g/mol. The lowest BCUT2D eigenvalue weighted by Crippen LogP contribution is -2.43. The maximum absolute atomic E-state index is 11.1. The van der Waals surface area contributed by atoms with Gasteiger partial charge in [0.1, 0.15) is 0 Å². The Bertz CT molecular complexity index is 310. The summed E-state index contributed by atoms with van der Waals surface area (Å²) in [7, 11) is -3.67. The van der Waals surface area contributed by atoms with E-state index < -0.39 is 28.8 Å². The Morgan fingerprint density at radius 3 is 2.50 bits per heavy atom. The van der Waals surface area contributed by atoms with Gasteiger partial charge in [0.25, 0.3) is 10.2 Å². The SMILES string of the molecule is O=C(O)C(O)CNS(=O)(=O)NC1CC1. The van der Waals surface area contributed by atoms with E-state index in [0.29, 0.717) is 0 Å². The third-order valence-electron chi connectivity index (χ3n) is 1.65. The lowest BCUT2D eigenvalue weighted by atomic mass is 10.4. The van der Waals surface area contributed by atoms with E-state index in [-0.39, 0.29) is 6.04 Å². The summed E-state index contributed by atoms with van der Waals surface area (Å²) in [6, 6.07) is -0.0468. The molecule has 7 nitrogen and oxygen atoms in total. The molecule has 0 aromatic carbocycles. The van der Waals surface area contributed by atoms with E-state index in [0.717, 1.165) is 12.8 Å². The van der Waals surface area contributed by atoms with Crippen LogP contribution in [0.4, 0.5) is 0 Å². The molecule has 0 radical (unpaired) electrons. The van der Waals surface area contributed by atoms with E-state index in [1.165, 1.54) is 0 Å². The minimum atomic E-state index is -3.67. The number of carboxylic acid groups (broad SMARTS) is 1. The minimum absolute atomic E-state index is 0.0468. The molecule has 82 valence electrons. The van der Waals surface area contributed by atoms with Crippen LogP contribution < -0.4 is 9.44 Å². The van der Waals surface area contributed by atoms with Crippen LogP contribution in [0.2, 0.25) is 0 Å². The molecule has 0 amide bonds. The second-order valence-electron chi connectivity index (χ2n) is 3.10. The van der Waals surface area contributed by atoms with Crippen LogP contribution in [0.5, 0.6) is 0 Å². The summed E-state index contributed by atoms with van der Waals surface area (Å²) in [5, 5.41) is 17.1. The average molecular weight is 224 g/mol. The van der Waals surface area contributed by atoms with Gasteiger partial charge in [0.15, 0.2) is 6.10 Å². The van der Waals surface area contributed by atoms with E-state index in [1.54, 1.807) is 0 Å². The van der Waals surface area contributed by atoms with Crippen molar-refractivity contribution in [2.45, 2.75) is 25.0 Å². The first-order valence-corrected chi connectivity index (χ1v) is 5.57. The first-order valence-electron chi connectivity index (χ1n) is 4.08. The highest BCUT2D eigenvalue weighted by atomic mass is 32.2. The Morgan fingerprint density at radius 1 is 1.50 bits per heavy atom. The molecule has 1 saturated carbocycles. The van der Waals surface area contributed by atoms with Crippen molar-refractivity contribution in [1.82, 2.24) is 9.44 Å². The highest BCUT2D eigenvalue weighted by Gasteiger charge is 2.27. The van der Waals surface area contributed by atoms with Gasteiger partial charge in [-0.1, -0.05) is 0 Å². The standard InChI is InChI=1S/C6H12N2O5S/c9-5(6(10)11)3-7-14(12,13)8-4-1-2-4/h4-5,7-9H,1-3H2,(H,10,11). The van der Waals surface area contributed by atoms with Crippen molar-refractivity contribution in [2.24, 2.45) is 0 Å². The fourth-order valence-corrected chi connectivity index (χ4v) is 1.87. The summed E-state index contributed by atoms with van der Waals surface area (Å²) in [4.78, 5) is 10.1. The van der Waals surface area contributed by atoms with Crippen LogP contribution in [0, 0.1) is 0 Å². The second-order valence-corrected chi connectivity index (χ2v) is 4.63. The van der Waals surface area contributed by atoms with Gasteiger partial charge >= 0.3 is 5.97 Å². The number of aliphatic carboxylic acids is 1. The maximum atomic E-state index is 11.1. The fraction of sp³-hybridized carbons (Fsp3) is 0.833. The molecule has 1 unspecified atom stereocenters. The molecule has 8 heteroatoms. The molecule has 0 bridgehead atoms. The smallest absolute Gasteiger partial charge is 0.333 e. The second kappa shape index (κ2) is 4.22. The molecule has 14 heavy (non-hydrogen) atoms. The van der Waals surface area contributed by atoms with Gasteiger partial charge in [0.05, 0.1) is 0 Å². The van der Waals surface area contributed by atoms with Crippen LogP contribution in [-0.2, 0) is 15.0 Å². The molecule has 0 aliphatic heterocycles. The third-order valence-corrected chi connectivity index (χ3v) is 2.84. The van der Waals surface area contributed by atoms with Crippen LogP contribution >= 0.6 is 0 Å². The van der Waals surface area contributed by atoms with Crippen LogP contribution in [-0.4, -0.2) is 43.3 Å². The summed E-state index contributed by atoms with van der Waals surface area (Å²) in [6.45, 7) is -0.530. The molecule has 4 N–H and O–H groups in total. The Morgan fingerprint density at radius 2 is 2.07 bits per heavy atom. The molecule has 1 fully saturated rings. The molecule has 1 aliphatic rings. The molecular formula is C6H12N2O5S. The van der Waals surface area contributed by atoms with E-state index >= 15 is 0 Å². The molecular weight excluding hydrogens is 212 g/mol. The Hall–Kier alpha value is -0.700. The van der Waals surface area contributed by atoms with Gasteiger partial charge in [-0.2, -0.15) is 17.9 Å². The van der Waals surface area contributed by atoms with Crippen molar-refractivity contribution < 1.29 is 23.4 Å². The van der Waals surface area contributed by atoms with Gasteiger partial charge in [-0.3, -0.25) is 0 Å². The van der Waals surface area contributed by atoms with Crippen molar-refractivity contribution >= 4 is 16.2 Å². The van der Waals surface area contributed by atoms with Crippen molar-refractivity contribution in [2.75, 3.05) is 6.54 Å². The number of nitrogens with one attached hydrogen (secondary N) is 2. The van der Waals surface area contributed by atoms with Crippen LogP contribution in [0.1, 0.15) is 12.8 Å². The predicted molar refractivity (Wildman–Crippen MR) is 46.7 cm³/mol. The maximum Gasteiger partial charge on any atom is 0.333 e. The molecule has 0 aromatic rings. The lowest BCUT2D eigenvalue weighted by molar-refractivity contribution is -0.146. The first kappa shape index (κ1) is 11.4. The number of hydrogen-bond acceptors (Lipinski definition) is 4. The first-order chi connectivity index (χ1) is 6.41. The summed E-state index contributed by atoms with van der Waals surface area (Å²) < 4.78 is 26.4. The summed E-state index contributed by atoms with van der Waals surface area (Å²) in [6.07, 6.45) is -0.129. The van der Waals surface area contributed by atoms with E-state index in [2.05, 4.69) is 4.72 Å². The molecule has 1 aliphatic carbocycles. The Kier molecular flexibility index (Phi) is 3.43. The average Bonchev–Trinajstić information content (AvgIpc) is 2.83. The number of carboxylic acids is 1.